The van der Waals surface area contributed by atoms with Gasteiger partial charge in [0.15, 0.2) is 0 Å². The van der Waals surface area contributed by atoms with E-state index in [4.69, 9.17) is 15.5 Å². The van der Waals surface area contributed by atoms with E-state index in [1.165, 1.54) is 70.6 Å². The molecule has 24 heavy (non-hydrogen) atoms. The second-order valence-electron chi connectivity index (χ2n) is 6.39. The van der Waals surface area contributed by atoms with Gasteiger partial charge in [-0.3, -0.25) is 0 Å². The number of unbranched alkanes of at least 4 members (excludes halogenated alkanes) is 11. The SMILES string of the molecule is CCCCCCCCCCCCC/C=C/C[C@@H](N)CO[P+](=O)OO. The summed E-state index contributed by atoms with van der Waals surface area (Å²) in [5.74, 6) is 0. The monoisotopic (exact) mass is 362 g/mol. The highest BCUT2D eigenvalue weighted by Gasteiger charge is 2.20. The summed E-state index contributed by atoms with van der Waals surface area (Å²) in [6, 6.07) is -0.229. The maximum absolute atomic E-state index is 10.7. The Balaban J connectivity index is 3.24. The van der Waals surface area contributed by atoms with E-state index in [0.717, 1.165) is 6.42 Å². The molecule has 1 unspecified atom stereocenters. The molecule has 2 atom stereocenters. The molecule has 0 heterocycles. The maximum atomic E-state index is 10.7. The van der Waals surface area contributed by atoms with Crippen LogP contribution < -0.4 is 5.73 Å². The van der Waals surface area contributed by atoms with E-state index >= 15 is 0 Å². The summed E-state index contributed by atoms with van der Waals surface area (Å²) in [4.78, 5) is 0. The van der Waals surface area contributed by atoms with Crippen LogP contribution in [0.3, 0.4) is 0 Å². The largest absolute Gasteiger partial charge is 0.728 e. The Morgan fingerprint density at radius 3 is 2.04 bits per heavy atom. The average Bonchev–Trinajstić information content (AvgIpc) is 2.59. The quantitative estimate of drug-likeness (QED) is 0.101. The van der Waals surface area contributed by atoms with Crippen LogP contribution >= 0.6 is 8.25 Å². The van der Waals surface area contributed by atoms with Crippen LogP contribution in [0.1, 0.15) is 90.4 Å². The van der Waals surface area contributed by atoms with Crippen molar-refractivity contribution in [1.82, 2.24) is 0 Å². The minimum atomic E-state index is -2.45. The highest BCUT2D eigenvalue weighted by atomic mass is 31.1. The number of hydrogen-bond donors (Lipinski definition) is 2. The fourth-order valence-electron chi connectivity index (χ4n) is 2.56. The summed E-state index contributed by atoms with van der Waals surface area (Å²) < 4.78 is 18.9. The molecule has 0 saturated heterocycles. The molecule has 0 spiro atoms. The van der Waals surface area contributed by atoms with Gasteiger partial charge in [0.25, 0.3) is 0 Å². The van der Waals surface area contributed by atoms with Crippen molar-refractivity contribution < 1.29 is 19.0 Å². The highest BCUT2D eigenvalue weighted by Crippen LogP contribution is 2.21. The van der Waals surface area contributed by atoms with Gasteiger partial charge in [0.1, 0.15) is 6.61 Å². The van der Waals surface area contributed by atoms with Gasteiger partial charge < -0.3 is 5.73 Å². The zero-order valence-corrected chi connectivity index (χ0v) is 16.2. The predicted molar refractivity (Wildman–Crippen MR) is 100 cm³/mol. The van der Waals surface area contributed by atoms with Gasteiger partial charge in [-0.25, -0.2) is 5.26 Å². The van der Waals surface area contributed by atoms with E-state index in [-0.39, 0.29) is 12.6 Å². The molecule has 142 valence electrons. The predicted octanol–water partition coefficient (Wildman–Crippen LogP) is 6.12. The van der Waals surface area contributed by atoms with E-state index in [0.29, 0.717) is 6.42 Å². The van der Waals surface area contributed by atoms with Crippen LogP contribution in [0.25, 0.3) is 0 Å². The van der Waals surface area contributed by atoms with Gasteiger partial charge in [-0.05, 0) is 19.3 Å². The van der Waals surface area contributed by atoms with Gasteiger partial charge >= 0.3 is 8.25 Å². The fourth-order valence-corrected chi connectivity index (χ4v) is 2.92. The Labute approximate surface area is 148 Å². The molecule has 0 aromatic carbocycles. The minimum Gasteiger partial charge on any atom is -0.325 e. The first kappa shape index (κ1) is 23.7. The summed E-state index contributed by atoms with van der Waals surface area (Å²) >= 11 is 0. The van der Waals surface area contributed by atoms with Gasteiger partial charge in [-0.2, -0.15) is 0 Å². The van der Waals surface area contributed by atoms with Crippen molar-refractivity contribution in [3.63, 3.8) is 0 Å². The Bertz CT molecular complexity index is 313. The molecule has 0 aliphatic heterocycles. The molecule has 0 aromatic heterocycles. The zero-order valence-electron chi connectivity index (χ0n) is 15.3. The summed E-state index contributed by atoms with van der Waals surface area (Å²) in [7, 11) is -2.45. The molecule has 0 fully saturated rings. The maximum Gasteiger partial charge on any atom is 0.728 e. The molecule has 5 nitrogen and oxygen atoms in total. The van der Waals surface area contributed by atoms with Crippen molar-refractivity contribution in [2.24, 2.45) is 5.73 Å². The van der Waals surface area contributed by atoms with Gasteiger partial charge in [0.05, 0.1) is 4.67 Å². The Morgan fingerprint density at radius 1 is 0.958 bits per heavy atom. The van der Waals surface area contributed by atoms with Crippen molar-refractivity contribution in [2.75, 3.05) is 6.61 Å². The molecule has 0 radical (unpaired) electrons. The number of allylic oxidation sites excluding steroid dienone is 1. The topological polar surface area (TPSA) is 81.8 Å². The lowest BCUT2D eigenvalue weighted by Crippen LogP contribution is -2.24. The summed E-state index contributed by atoms with van der Waals surface area (Å²) in [5.41, 5.74) is 5.78. The molecular formula is C18H37NO4P+. The minimum absolute atomic E-state index is 0.110. The Hall–Kier alpha value is -0.320. The Kier molecular flexibility index (Phi) is 18.8. The van der Waals surface area contributed by atoms with Gasteiger partial charge in [-0.15, -0.1) is 4.52 Å². The number of nitrogens with two attached hydrogens (primary N) is 1. The van der Waals surface area contributed by atoms with E-state index in [9.17, 15) is 4.57 Å². The first-order valence-electron chi connectivity index (χ1n) is 9.53. The molecule has 0 aromatic rings. The summed E-state index contributed by atoms with van der Waals surface area (Å²) in [6.45, 7) is 2.37. The second kappa shape index (κ2) is 19.0. The standard InChI is InChI=1S/C18H36NO4P/c1-2-3-4-5-6-7-8-9-10-11-12-13-14-15-16-18(19)17-22-24(21)23-20/h14-15,18H,2-13,16-17,19H2,1H3/p+1/b15-14+/t18-/m1/s1. The normalized spacial score (nSPS) is 13.5. The van der Waals surface area contributed by atoms with Gasteiger partial charge in [0, 0.05) is 10.6 Å². The van der Waals surface area contributed by atoms with E-state index < -0.39 is 8.25 Å². The molecule has 0 rings (SSSR count). The smallest absolute Gasteiger partial charge is 0.325 e. The lowest BCUT2D eigenvalue weighted by molar-refractivity contribution is -0.142. The number of hydrogen-bond acceptors (Lipinski definition) is 5. The average molecular weight is 362 g/mol. The van der Waals surface area contributed by atoms with E-state index in [1.54, 1.807) is 0 Å². The first-order chi connectivity index (χ1) is 11.7. The van der Waals surface area contributed by atoms with Gasteiger partial charge in [-0.1, -0.05) is 83.3 Å². The van der Waals surface area contributed by atoms with Crippen LogP contribution in [0.5, 0.6) is 0 Å². The molecule has 6 heteroatoms. The van der Waals surface area contributed by atoms with Crippen LogP contribution in [-0.4, -0.2) is 17.9 Å². The van der Waals surface area contributed by atoms with Crippen molar-refractivity contribution in [3.05, 3.63) is 12.2 Å². The van der Waals surface area contributed by atoms with E-state index in [1.807, 2.05) is 6.08 Å². The van der Waals surface area contributed by atoms with E-state index in [2.05, 4.69) is 17.7 Å². The third kappa shape index (κ3) is 18.0. The fraction of sp³-hybridized carbons (Fsp3) is 0.889. The van der Waals surface area contributed by atoms with Crippen molar-refractivity contribution in [3.8, 4) is 0 Å². The lowest BCUT2D eigenvalue weighted by Gasteiger charge is -2.03. The second-order valence-corrected chi connectivity index (χ2v) is 7.26. The molecule has 3 N–H and O–H groups in total. The van der Waals surface area contributed by atoms with Crippen molar-refractivity contribution in [2.45, 2.75) is 96.4 Å². The summed E-state index contributed by atoms with van der Waals surface area (Å²) in [5, 5.41) is 8.09. The summed E-state index contributed by atoms with van der Waals surface area (Å²) in [6.07, 6.45) is 20.9. The molecule has 0 aliphatic carbocycles. The lowest BCUT2D eigenvalue weighted by atomic mass is 10.1. The highest BCUT2D eigenvalue weighted by molar-refractivity contribution is 7.33. The van der Waals surface area contributed by atoms with Crippen molar-refractivity contribution in [1.29, 1.82) is 0 Å². The van der Waals surface area contributed by atoms with Gasteiger partial charge in [0.2, 0.25) is 0 Å². The Morgan fingerprint density at radius 2 is 1.50 bits per heavy atom. The molecule has 0 saturated carbocycles. The third-order valence-corrected chi connectivity index (χ3v) is 4.53. The van der Waals surface area contributed by atoms with Crippen LogP contribution in [0.2, 0.25) is 0 Å². The molecular weight excluding hydrogens is 325 g/mol. The zero-order chi connectivity index (χ0) is 17.9. The molecule has 0 aliphatic rings. The first-order valence-corrected chi connectivity index (χ1v) is 10.6. The van der Waals surface area contributed by atoms with Crippen molar-refractivity contribution >= 4 is 8.25 Å². The third-order valence-electron chi connectivity index (χ3n) is 4.04. The molecule has 0 bridgehead atoms. The molecule has 0 amide bonds. The van der Waals surface area contributed by atoms with Crippen LogP contribution in [-0.2, 0) is 13.8 Å². The number of rotatable bonds is 18. The van der Waals surface area contributed by atoms with Crippen LogP contribution in [0, 0.1) is 0 Å². The van der Waals surface area contributed by atoms with Crippen LogP contribution in [0.15, 0.2) is 12.2 Å². The van der Waals surface area contributed by atoms with Crippen LogP contribution in [0.4, 0.5) is 0 Å².